The van der Waals surface area contributed by atoms with Crippen molar-refractivity contribution in [1.82, 2.24) is 4.57 Å². The third-order valence-corrected chi connectivity index (χ3v) is 2.69. The summed E-state index contributed by atoms with van der Waals surface area (Å²) in [6.45, 7) is 2.56. The van der Waals surface area contributed by atoms with Gasteiger partial charge in [-0.3, -0.25) is 0 Å². The molecule has 3 nitrogen and oxygen atoms in total. The second-order valence-corrected chi connectivity index (χ2v) is 4.03. The molecule has 0 aliphatic carbocycles. The quantitative estimate of drug-likeness (QED) is 0.852. The molecular formula is C13H14N2O. The summed E-state index contributed by atoms with van der Waals surface area (Å²) in [6.07, 6.45) is 2.42. The molecule has 0 bridgehead atoms. The summed E-state index contributed by atoms with van der Waals surface area (Å²) in [5.74, 6) is 0. The Bertz CT molecular complexity index is 534. The fourth-order valence-electron chi connectivity index (χ4n) is 1.77. The molecule has 3 heteroatoms. The summed E-state index contributed by atoms with van der Waals surface area (Å²) >= 11 is 0. The lowest BCUT2D eigenvalue weighted by Crippen LogP contribution is -2.05. The minimum absolute atomic E-state index is 0.295. The summed E-state index contributed by atoms with van der Waals surface area (Å²) in [4.78, 5) is 0. The number of hydrogen-bond donors (Lipinski definition) is 1. The van der Waals surface area contributed by atoms with E-state index >= 15 is 0 Å². The minimum Gasteiger partial charge on any atom is -0.393 e. The summed E-state index contributed by atoms with van der Waals surface area (Å²) in [6, 6.07) is 9.82. The zero-order valence-electron chi connectivity index (χ0n) is 9.22. The van der Waals surface area contributed by atoms with Crippen LogP contribution in [0.1, 0.15) is 18.9 Å². The molecule has 1 aromatic heterocycles. The van der Waals surface area contributed by atoms with E-state index in [1.165, 1.54) is 0 Å². The molecule has 0 spiro atoms. The number of aliphatic hydroxyl groups excluding tert-OH is 1. The number of aromatic nitrogens is 1. The highest BCUT2D eigenvalue weighted by atomic mass is 16.3. The first-order chi connectivity index (χ1) is 7.70. The van der Waals surface area contributed by atoms with Crippen LogP contribution in [0.2, 0.25) is 0 Å². The van der Waals surface area contributed by atoms with Crippen molar-refractivity contribution < 1.29 is 5.11 Å². The summed E-state index contributed by atoms with van der Waals surface area (Å²) < 4.78 is 2.07. The smallest absolute Gasteiger partial charge is 0.0992 e. The van der Waals surface area contributed by atoms with Crippen molar-refractivity contribution in [2.24, 2.45) is 0 Å². The van der Waals surface area contributed by atoms with Crippen LogP contribution in [0.25, 0.3) is 10.9 Å². The summed E-state index contributed by atoms with van der Waals surface area (Å²) in [5.41, 5.74) is 1.73. The molecule has 0 aliphatic heterocycles. The van der Waals surface area contributed by atoms with E-state index in [1.54, 1.807) is 6.92 Å². The van der Waals surface area contributed by atoms with Crippen LogP contribution in [0.4, 0.5) is 0 Å². The molecule has 2 aromatic rings. The molecule has 0 fully saturated rings. The van der Waals surface area contributed by atoms with Crippen LogP contribution in [0, 0.1) is 11.3 Å². The number of rotatable bonds is 3. The van der Waals surface area contributed by atoms with E-state index in [2.05, 4.69) is 10.6 Å². The lowest BCUT2D eigenvalue weighted by Gasteiger charge is -2.07. The number of nitriles is 1. The van der Waals surface area contributed by atoms with Crippen LogP contribution in [0.5, 0.6) is 0 Å². The van der Waals surface area contributed by atoms with Crippen LogP contribution in [-0.2, 0) is 6.54 Å². The van der Waals surface area contributed by atoms with Gasteiger partial charge in [0.2, 0.25) is 0 Å². The topological polar surface area (TPSA) is 49.0 Å². The van der Waals surface area contributed by atoms with Gasteiger partial charge in [-0.15, -0.1) is 0 Å². The standard InChI is InChI=1S/C13H14N2O/c1-10(16)4-6-15-7-5-12-3-2-11(9-14)8-13(12)15/h2-3,5,7-8,10,16H,4,6H2,1H3. The molecule has 2 rings (SSSR count). The van der Waals surface area contributed by atoms with Gasteiger partial charge < -0.3 is 9.67 Å². The molecular weight excluding hydrogens is 200 g/mol. The number of fused-ring (bicyclic) bond motifs is 1. The van der Waals surface area contributed by atoms with Gasteiger partial charge in [-0.05, 0) is 36.9 Å². The van der Waals surface area contributed by atoms with Crippen LogP contribution in [-0.4, -0.2) is 15.8 Å². The van der Waals surface area contributed by atoms with E-state index in [4.69, 9.17) is 5.26 Å². The highest BCUT2D eigenvalue weighted by Gasteiger charge is 2.03. The maximum Gasteiger partial charge on any atom is 0.0992 e. The molecule has 0 amide bonds. The highest BCUT2D eigenvalue weighted by molar-refractivity contribution is 5.81. The van der Waals surface area contributed by atoms with Gasteiger partial charge in [0.05, 0.1) is 17.7 Å². The minimum atomic E-state index is -0.295. The van der Waals surface area contributed by atoms with Crippen LogP contribution in [0.3, 0.4) is 0 Å². The lowest BCUT2D eigenvalue weighted by molar-refractivity contribution is 0.178. The van der Waals surface area contributed by atoms with E-state index < -0.39 is 0 Å². The van der Waals surface area contributed by atoms with Crippen LogP contribution < -0.4 is 0 Å². The Hall–Kier alpha value is -1.79. The van der Waals surface area contributed by atoms with E-state index in [-0.39, 0.29) is 6.10 Å². The van der Waals surface area contributed by atoms with E-state index in [9.17, 15) is 5.11 Å². The molecule has 1 aromatic carbocycles. The average Bonchev–Trinajstić information content (AvgIpc) is 2.68. The Balaban J connectivity index is 2.35. The van der Waals surface area contributed by atoms with Crippen molar-refractivity contribution in [3.8, 4) is 6.07 Å². The Kier molecular flexibility index (Phi) is 2.93. The third kappa shape index (κ3) is 2.07. The normalized spacial score (nSPS) is 12.6. The fourth-order valence-corrected chi connectivity index (χ4v) is 1.77. The van der Waals surface area contributed by atoms with E-state index in [1.807, 2.05) is 30.5 Å². The number of aliphatic hydroxyl groups is 1. The fraction of sp³-hybridized carbons (Fsp3) is 0.308. The van der Waals surface area contributed by atoms with Crippen molar-refractivity contribution in [2.75, 3.05) is 0 Å². The second-order valence-electron chi connectivity index (χ2n) is 4.03. The predicted molar refractivity (Wildman–Crippen MR) is 63.0 cm³/mol. The van der Waals surface area contributed by atoms with Gasteiger partial charge in [-0.25, -0.2) is 0 Å². The monoisotopic (exact) mass is 214 g/mol. The first-order valence-corrected chi connectivity index (χ1v) is 5.38. The van der Waals surface area contributed by atoms with Gasteiger partial charge in [0.1, 0.15) is 0 Å². The molecule has 16 heavy (non-hydrogen) atoms. The molecule has 0 saturated carbocycles. The zero-order valence-corrected chi connectivity index (χ0v) is 9.22. The summed E-state index contributed by atoms with van der Waals surface area (Å²) in [7, 11) is 0. The molecule has 0 saturated heterocycles. The van der Waals surface area contributed by atoms with Crippen molar-refractivity contribution in [3.05, 3.63) is 36.0 Å². The number of aryl methyl sites for hydroxylation is 1. The molecule has 1 N–H and O–H groups in total. The second kappa shape index (κ2) is 4.38. The van der Waals surface area contributed by atoms with E-state index in [0.717, 1.165) is 23.9 Å². The molecule has 1 heterocycles. The van der Waals surface area contributed by atoms with Crippen molar-refractivity contribution in [3.63, 3.8) is 0 Å². The first kappa shape index (κ1) is 10.7. The van der Waals surface area contributed by atoms with Crippen molar-refractivity contribution in [2.45, 2.75) is 26.0 Å². The van der Waals surface area contributed by atoms with Crippen LogP contribution >= 0.6 is 0 Å². The van der Waals surface area contributed by atoms with Gasteiger partial charge in [0, 0.05) is 18.3 Å². The first-order valence-electron chi connectivity index (χ1n) is 5.38. The van der Waals surface area contributed by atoms with Crippen LogP contribution in [0.15, 0.2) is 30.5 Å². The Labute approximate surface area is 94.5 Å². The van der Waals surface area contributed by atoms with Gasteiger partial charge in [0.15, 0.2) is 0 Å². The Morgan fingerprint density at radius 1 is 1.44 bits per heavy atom. The Morgan fingerprint density at radius 3 is 2.94 bits per heavy atom. The summed E-state index contributed by atoms with van der Waals surface area (Å²) in [5, 5.41) is 19.2. The highest BCUT2D eigenvalue weighted by Crippen LogP contribution is 2.18. The van der Waals surface area contributed by atoms with Crippen molar-refractivity contribution in [1.29, 1.82) is 5.26 Å². The number of benzene rings is 1. The van der Waals surface area contributed by atoms with Gasteiger partial charge in [0.25, 0.3) is 0 Å². The van der Waals surface area contributed by atoms with Crippen molar-refractivity contribution >= 4 is 10.9 Å². The van der Waals surface area contributed by atoms with Gasteiger partial charge in [-0.1, -0.05) is 6.07 Å². The SMILES string of the molecule is CC(O)CCn1ccc2ccc(C#N)cc21. The predicted octanol–water partition coefficient (Wildman–Crippen LogP) is 2.28. The molecule has 0 aliphatic rings. The van der Waals surface area contributed by atoms with E-state index in [0.29, 0.717) is 5.56 Å². The lowest BCUT2D eigenvalue weighted by atomic mass is 10.2. The van der Waals surface area contributed by atoms with Gasteiger partial charge in [-0.2, -0.15) is 5.26 Å². The molecule has 1 unspecified atom stereocenters. The van der Waals surface area contributed by atoms with Gasteiger partial charge >= 0.3 is 0 Å². The zero-order chi connectivity index (χ0) is 11.5. The maximum absolute atomic E-state index is 9.26. The number of nitrogens with zero attached hydrogens (tertiary/aromatic N) is 2. The molecule has 0 radical (unpaired) electrons. The Morgan fingerprint density at radius 2 is 2.25 bits per heavy atom. The average molecular weight is 214 g/mol. The number of hydrogen-bond acceptors (Lipinski definition) is 2. The maximum atomic E-state index is 9.26. The largest absolute Gasteiger partial charge is 0.393 e. The molecule has 1 atom stereocenters. The third-order valence-electron chi connectivity index (χ3n) is 2.69. The molecule has 82 valence electrons.